The fourth-order valence-electron chi connectivity index (χ4n) is 1.09. The van der Waals surface area contributed by atoms with Gasteiger partial charge in [-0.15, -0.1) is 12.4 Å². The van der Waals surface area contributed by atoms with Gasteiger partial charge >= 0.3 is 6.01 Å². The maximum atomic E-state index is 4.92. The summed E-state index contributed by atoms with van der Waals surface area (Å²) >= 11 is 3.38. The number of nitrogens with zero attached hydrogens (tertiary/aromatic N) is 2. The van der Waals surface area contributed by atoms with Gasteiger partial charge < -0.3 is 4.74 Å². The summed E-state index contributed by atoms with van der Waals surface area (Å²) in [6.07, 6.45) is 1.74. The third-order valence-corrected chi connectivity index (χ3v) is 2.20. The molecule has 0 saturated heterocycles. The minimum Gasteiger partial charge on any atom is -0.467 e. The Kier molecular flexibility index (Phi) is 3.66. The fraction of sp³-hybridized carbons (Fsp3) is 0.111. The predicted molar refractivity (Wildman–Crippen MR) is 61.0 cm³/mol. The summed E-state index contributed by atoms with van der Waals surface area (Å²) in [7, 11) is 1.56. The summed E-state index contributed by atoms with van der Waals surface area (Å²) in [6, 6.07) is 6.22. The summed E-state index contributed by atoms with van der Waals surface area (Å²) < 4.78 is 5.94. The van der Waals surface area contributed by atoms with E-state index in [1.165, 1.54) is 0 Å². The zero-order chi connectivity index (χ0) is 9.26. The molecule has 14 heavy (non-hydrogen) atoms. The number of aromatic nitrogens is 2. The van der Waals surface area contributed by atoms with E-state index in [1.54, 1.807) is 13.3 Å². The van der Waals surface area contributed by atoms with E-state index in [2.05, 4.69) is 25.9 Å². The first-order valence-electron chi connectivity index (χ1n) is 3.76. The molecule has 1 heterocycles. The lowest BCUT2D eigenvalue weighted by molar-refractivity contribution is 0.382. The molecule has 2 aromatic rings. The zero-order valence-electron chi connectivity index (χ0n) is 7.40. The number of rotatable bonds is 1. The second kappa shape index (κ2) is 4.57. The molecule has 0 fully saturated rings. The van der Waals surface area contributed by atoms with Crippen LogP contribution in [0.3, 0.4) is 0 Å². The van der Waals surface area contributed by atoms with Crippen molar-refractivity contribution in [1.82, 2.24) is 9.97 Å². The van der Waals surface area contributed by atoms with Crippen LogP contribution in [-0.4, -0.2) is 17.1 Å². The second-order valence-corrected chi connectivity index (χ2v) is 3.48. The molecule has 0 saturated carbocycles. The molecule has 0 aliphatic carbocycles. The van der Waals surface area contributed by atoms with Crippen molar-refractivity contribution >= 4 is 39.2 Å². The highest BCUT2D eigenvalue weighted by Gasteiger charge is 1.99. The van der Waals surface area contributed by atoms with Crippen LogP contribution in [0.1, 0.15) is 0 Å². The molecule has 74 valence electrons. The van der Waals surface area contributed by atoms with Crippen molar-refractivity contribution in [2.75, 3.05) is 7.11 Å². The van der Waals surface area contributed by atoms with Gasteiger partial charge in [0.05, 0.1) is 12.6 Å². The Balaban J connectivity index is 0.000000980. The van der Waals surface area contributed by atoms with Crippen LogP contribution in [0.25, 0.3) is 10.9 Å². The van der Waals surface area contributed by atoms with Crippen molar-refractivity contribution in [1.29, 1.82) is 0 Å². The van der Waals surface area contributed by atoms with Gasteiger partial charge in [0, 0.05) is 16.1 Å². The first-order chi connectivity index (χ1) is 6.29. The molecule has 0 spiro atoms. The van der Waals surface area contributed by atoms with Crippen molar-refractivity contribution in [3.05, 3.63) is 28.9 Å². The number of benzene rings is 1. The van der Waals surface area contributed by atoms with Crippen LogP contribution in [-0.2, 0) is 0 Å². The van der Waals surface area contributed by atoms with Gasteiger partial charge in [0.25, 0.3) is 0 Å². The Morgan fingerprint density at radius 3 is 2.86 bits per heavy atom. The Morgan fingerprint density at radius 1 is 1.36 bits per heavy atom. The van der Waals surface area contributed by atoms with E-state index in [-0.39, 0.29) is 12.4 Å². The molecule has 1 aromatic heterocycles. The quantitative estimate of drug-likeness (QED) is 0.803. The van der Waals surface area contributed by atoms with Gasteiger partial charge in [0.1, 0.15) is 0 Å². The molecule has 0 bridgehead atoms. The van der Waals surface area contributed by atoms with E-state index in [1.807, 2.05) is 18.2 Å². The molecule has 3 nitrogen and oxygen atoms in total. The van der Waals surface area contributed by atoms with Crippen LogP contribution < -0.4 is 4.74 Å². The summed E-state index contributed by atoms with van der Waals surface area (Å²) in [5, 5.41) is 0.996. The van der Waals surface area contributed by atoms with E-state index < -0.39 is 0 Å². The fourth-order valence-corrected chi connectivity index (χ4v) is 1.46. The average Bonchev–Trinajstić information content (AvgIpc) is 2.17. The van der Waals surface area contributed by atoms with Crippen molar-refractivity contribution < 1.29 is 4.74 Å². The molecule has 2 rings (SSSR count). The summed E-state index contributed by atoms with van der Waals surface area (Å²) in [6.45, 7) is 0. The number of fused-ring (bicyclic) bond motifs is 1. The Bertz CT molecular complexity index is 450. The van der Waals surface area contributed by atoms with Gasteiger partial charge in [-0.05, 0) is 18.2 Å². The van der Waals surface area contributed by atoms with E-state index in [0.717, 1.165) is 15.4 Å². The average molecular weight is 276 g/mol. The standard InChI is InChI=1S/C9H7BrN2O.ClH/c1-13-9-11-5-6-4-7(10)2-3-8(6)12-9;/h2-5H,1H3;1H. The Morgan fingerprint density at radius 2 is 2.14 bits per heavy atom. The maximum absolute atomic E-state index is 4.92. The molecule has 0 aliphatic heterocycles. The highest BCUT2D eigenvalue weighted by atomic mass is 79.9. The molecule has 5 heteroatoms. The highest BCUT2D eigenvalue weighted by Crippen LogP contribution is 2.18. The largest absolute Gasteiger partial charge is 0.467 e. The van der Waals surface area contributed by atoms with Crippen LogP contribution >= 0.6 is 28.3 Å². The minimum absolute atomic E-state index is 0. The molecule has 1 aromatic carbocycles. The lowest BCUT2D eigenvalue weighted by Crippen LogP contribution is -1.91. The van der Waals surface area contributed by atoms with Gasteiger partial charge in [-0.1, -0.05) is 15.9 Å². The van der Waals surface area contributed by atoms with Crippen LogP contribution in [0.4, 0.5) is 0 Å². The van der Waals surface area contributed by atoms with Gasteiger partial charge in [-0.3, -0.25) is 0 Å². The monoisotopic (exact) mass is 274 g/mol. The second-order valence-electron chi connectivity index (χ2n) is 2.56. The summed E-state index contributed by atoms with van der Waals surface area (Å²) in [5.41, 5.74) is 0.884. The predicted octanol–water partition coefficient (Wildman–Crippen LogP) is 2.82. The molecular formula is C9H8BrClN2O. The molecule has 0 aliphatic rings. The van der Waals surface area contributed by atoms with Crippen molar-refractivity contribution in [2.45, 2.75) is 0 Å². The minimum atomic E-state index is 0. The molecule has 0 atom stereocenters. The Hall–Kier alpha value is -0.870. The number of methoxy groups -OCH3 is 1. The maximum Gasteiger partial charge on any atom is 0.316 e. The van der Waals surface area contributed by atoms with E-state index in [4.69, 9.17) is 4.74 Å². The third kappa shape index (κ3) is 2.13. The molecule has 0 unspecified atom stereocenters. The normalized spacial score (nSPS) is 9.57. The number of hydrogen-bond acceptors (Lipinski definition) is 3. The topological polar surface area (TPSA) is 35.0 Å². The third-order valence-electron chi connectivity index (χ3n) is 1.70. The van der Waals surface area contributed by atoms with Crippen LogP contribution in [0, 0.1) is 0 Å². The number of halogens is 2. The smallest absolute Gasteiger partial charge is 0.316 e. The van der Waals surface area contributed by atoms with Crippen LogP contribution in [0.5, 0.6) is 6.01 Å². The van der Waals surface area contributed by atoms with E-state index in [9.17, 15) is 0 Å². The molecular weight excluding hydrogens is 267 g/mol. The van der Waals surface area contributed by atoms with Crippen molar-refractivity contribution in [3.8, 4) is 6.01 Å². The van der Waals surface area contributed by atoms with Crippen LogP contribution in [0.15, 0.2) is 28.9 Å². The first-order valence-corrected chi connectivity index (χ1v) is 4.55. The lowest BCUT2D eigenvalue weighted by Gasteiger charge is -1.99. The molecule has 0 radical (unpaired) electrons. The summed E-state index contributed by atoms with van der Waals surface area (Å²) in [5.74, 6) is 0. The summed E-state index contributed by atoms with van der Waals surface area (Å²) in [4.78, 5) is 8.19. The van der Waals surface area contributed by atoms with Crippen molar-refractivity contribution in [3.63, 3.8) is 0 Å². The van der Waals surface area contributed by atoms with Gasteiger partial charge in [-0.2, -0.15) is 4.98 Å². The number of ether oxygens (including phenoxy) is 1. The van der Waals surface area contributed by atoms with Gasteiger partial charge in [0.15, 0.2) is 0 Å². The van der Waals surface area contributed by atoms with Gasteiger partial charge in [-0.25, -0.2) is 4.98 Å². The van der Waals surface area contributed by atoms with E-state index >= 15 is 0 Å². The first kappa shape index (κ1) is 11.2. The van der Waals surface area contributed by atoms with Crippen LogP contribution in [0.2, 0.25) is 0 Å². The Labute approximate surface area is 96.1 Å². The highest BCUT2D eigenvalue weighted by molar-refractivity contribution is 9.10. The van der Waals surface area contributed by atoms with Gasteiger partial charge in [0.2, 0.25) is 0 Å². The zero-order valence-corrected chi connectivity index (χ0v) is 9.80. The molecule has 0 amide bonds. The molecule has 0 N–H and O–H groups in total. The van der Waals surface area contributed by atoms with Crippen molar-refractivity contribution in [2.24, 2.45) is 0 Å². The lowest BCUT2D eigenvalue weighted by atomic mass is 10.2. The number of hydrogen-bond donors (Lipinski definition) is 0. The van der Waals surface area contributed by atoms with E-state index in [0.29, 0.717) is 6.01 Å². The SMILES string of the molecule is COc1ncc2cc(Br)ccc2n1.Cl.